The van der Waals surface area contributed by atoms with Gasteiger partial charge in [-0.1, -0.05) is 30.2 Å². The van der Waals surface area contributed by atoms with Gasteiger partial charge in [-0.25, -0.2) is 4.39 Å². The summed E-state index contributed by atoms with van der Waals surface area (Å²) >= 11 is 0. The molecule has 0 aliphatic heterocycles. The smallest absolute Gasteiger partial charge is 0.129 e. The van der Waals surface area contributed by atoms with Crippen LogP contribution in [0.1, 0.15) is 12.0 Å². The van der Waals surface area contributed by atoms with Gasteiger partial charge in [-0.2, -0.15) is 0 Å². The minimum absolute atomic E-state index is 0.336. The maximum absolute atomic E-state index is 13.4. The van der Waals surface area contributed by atoms with Gasteiger partial charge in [0.15, 0.2) is 0 Å². The van der Waals surface area contributed by atoms with Crippen molar-refractivity contribution in [1.82, 2.24) is 0 Å². The Balaban J connectivity index is 3.20. The van der Waals surface area contributed by atoms with Crippen LogP contribution in [0.25, 0.3) is 0 Å². The summed E-state index contributed by atoms with van der Waals surface area (Å²) in [7, 11) is 0. The van der Waals surface area contributed by atoms with Crippen LogP contribution < -0.4 is 5.73 Å². The van der Waals surface area contributed by atoms with Gasteiger partial charge in [0, 0.05) is 5.56 Å². The fourth-order valence-electron chi connectivity index (χ4n) is 1.30. The van der Waals surface area contributed by atoms with E-state index in [1.165, 1.54) is 6.07 Å². The van der Waals surface area contributed by atoms with Crippen LogP contribution in [0.2, 0.25) is 0 Å². The molecule has 0 bridgehead atoms. The van der Waals surface area contributed by atoms with E-state index < -0.39 is 5.54 Å². The lowest BCUT2D eigenvalue weighted by Gasteiger charge is -2.22. The first-order valence-corrected chi connectivity index (χ1v) is 4.26. The SMILES string of the molecule is C#C[C@](N)(CC=C)c1ccccc1F. The molecule has 0 saturated heterocycles. The van der Waals surface area contributed by atoms with Crippen LogP contribution in [-0.4, -0.2) is 0 Å². The van der Waals surface area contributed by atoms with E-state index in [4.69, 9.17) is 12.2 Å². The second-order valence-electron chi connectivity index (χ2n) is 3.09. The third kappa shape index (κ3) is 1.84. The Morgan fingerprint density at radius 1 is 1.57 bits per heavy atom. The zero-order valence-electron chi connectivity index (χ0n) is 7.83. The minimum Gasteiger partial charge on any atom is -0.311 e. The Morgan fingerprint density at radius 3 is 2.71 bits per heavy atom. The highest BCUT2D eigenvalue weighted by atomic mass is 19.1. The van der Waals surface area contributed by atoms with E-state index in [1.807, 2.05) is 0 Å². The maximum Gasteiger partial charge on any atom is 0.129 e. The standard InChI is InChI=1S/C12H12FN/c1-3-9-12(14,4-2)10-7-5-6-8-11(10)13/h2-3,5-8H,1,9,14H2/t12-/m0/s1. The summed E-state index contributed by atoms with van der Waals surface area (Å²) in [5.41, 5.74) is 5.13. The Bertz CT molecular complexity index is 378. The lowest BCUT2D eigenvalue weighted by Crippen LogP contribution is -2.35. The number of hydrogen-bond acceptors (Lipinski definition) is 1. The predicted octanol–water partition coefficient (Wildman–Crippen LogP) is 2.19. The molecule has 1 aromatic carbocycles. The van der Waals surface area contributed by atoms with E-state index in [9.17, 15) is 4.39 Å². The average Bonchev–Trinajstić information content (AvgIpc) is 2.18. The Morgan fingerprint density at radius 2 is 2.21 bits per heavy atom. The number of terminal acetylenes is 1. The van der Waals surface area contributed by atoms with Gasteiger partial charge in [-0.05, 0) is 12.5 Å². The normalized spacial score (nSPS) is 14.1. The summed E-state index contributed by atoms with van der Waals surface area (Å²) in [4.78, 5) is 0. The summed E-state index contributed by atoms with van der Waals surface area (Å²) < 4.78 is 13.4. The van der Waals surface area contributed by atoms with E-state index in [0.717, 1.165) is 0 Å². The van der Waals surface area contributed by atoms with Crippen LogP contribution >= 0.6 is 0 Å². The second kappa shape index (κ2) is 4.08. The molecule has 0 heterocycles. The molecule has 1 atom stereocenters. The molecule has 0 fully saturated rings. The molecule has 2 heteroatoms. The van der Waals surface area contributed by atoms with Gasteiger partial charge in [0.05, 0.1) is 0 Å². The van der Waals surface area contributed by atoms with Gasteiger partial charge in [0.2, 0.25) is 0 Å². The van der Waals surface area contributed by atoms with Crippen molar-refractivity contribution in [2.75, 3.05) is 0 Å². The van der Waals surface area contributed by atoms with E-state index in [1.54, 1.807) is 24.3 Å². The number of benzene rings is 1. The van der Waals surface area contributed by atoms with E-state index in [-0.39, 0.29) is 5.82 Å². The van der Waals surface area contributed by atoms with E-state index >= 15 is 0 Å². The topological polar surface area (TPSA) is 26.0 Å². The number of nitrogens with two attached hydrogens (primary N) is 1. The van der Waals surface area contributed by atoms with E-state index in [0.29, 0.717) is 12.0 Å². The maximum atomic E-state index is 13.4. The molecule has 0 radical (unpaired) electrons. The van der Waals surface area contributed by atoms with E-state index in [2.05, 4.69) is 12.5 Å². The average molecular weight is 189 g/mol. The highest BCUT2D eigenvalue weighted by Gasteiger charge is 2.25. The van der Waals surface area contributed by atoms with Crippen molar-refractivity contribution in [3.8, 4) is 12.3 Å². The molecule has 0 saturated carbocycles. The highest BCUT2D eigenvalue weighted by molar-refractivity contribution is 5.34. The molecular formula is C12H12FN. The predicted molar refractivity (Wildman–Crippen MR) is 55.9 cm³/mol. The molecule has 1 aromatic rings. The summed E-state index contributed by atoms with van der Waals surface area (Å²) in [6.07, 6.45) is 7.25. The van der Waals surface area contributed by atoms with Crippen molar-refractivity contribution in [2.24, 2.45) is 5.73 Å². The van der Waals surface area contributed by atoms with Gasteiger partial charge in [-0.15, -0.1) is 13.0 Å². The van der Waals surface area contributed by atoms with Crippen LogP contribution in [0.15, 0.2) is 36.9 Å². The van der Waals surface area contributed by atoms with Crippen LogP contribution in [0.4, 0.5) is 4.39 Å². The van der Waals surface area contributed by atoms with Crippen molar-refractivity contribution < 1.29 is 4.39 Å². The van der Waals surface area contributed by atoms with Gasteiger partial charge in [0.25, 0.3) is 0 Å². The van der Waals surface area contributed by atoms with Crippen molar-refractivity contribution in [1.29, 1.82) is 0 Å². The summed E-state index contributed by atoms with van der Waals surface area (Å²) in [5, 5.41) is 0. The monoisotopic (exact) mass is 189 g/mol. The van der Waals surface area contributed by atoms with Gasteiger partial charge in [-0.3, -0.25) is 0 Å². The fraction of sp³-hybridized carbons (Fsp3) is 0.167. The summed E-state index contributed by atoms with van der Waals surface area (Å²) in [6.45, 7) is 3.55. The third-order valence-corrected chi connectivity index (χ3v) is 2.08. The molecule has 0 aromatic heterocycles. The van der Waals surface area contributed by atoms with Crippen LogP contribution in [0.5, 0.6) is 0 Å². The van der Waals surface area contributed by atoms with Crippen LogP contribution in [-0.2, 0) is 5.54 Å². The van der Waals surface area contributed by atoms with Crippen LogP contribution in [0, 0.1) is 18.2 Å². The van der Waals surface area contributed by atoms with Crippen molar-refractivity contribution in [3.05, 3.63) is 48.3 Å². The molecule has 14 heavy (non-hydrogen) atoms. The molecule has 1 rings (SSSR count). The van der Waals surface area contributed by atoms with Crippen molar-refractivity contribution in [3.63, 3.8) is 0 Å². The highest BCUT2D eigenvalue weighted by Crippen LogP contribution is 2.24. The summed E-state index contributed by atoms with van der Waals surface area (Å²) in [5.74, 6) is 2.02. The molecule has 1 nitrogen and oxygen atoms in total. The number of hydrogen-bond donors (Lipinski definition) is 1. The van der Waals surface area contributed by atoms with Gasteiger partial charge < -0.3 is 5.73 Å². The Kier molecular flexibility index (Phi) is 3.06. The number of halogens is 1. The zero-order chi connectivity index (χ0) is 10.6. The molecule has 0 amide bonds. The molecule has 0 spiro atoms. The molecular weight excluding hydrogens is 177 g/mol. The van der Waals surface area contributed by atoms with Gasteiger partial charge >= 0.3 is 0 Å². The summed E-state index contributed by atoms with van der Waals surface area (Å²) in [6, 6.07) is 6.25. The first-order chi connectivity index (χ1) is 6.64. The number of rotatable bonds is 3. The third-order valence-electron chi connectivity index (χ3n) is 2.08. The lowest BCUT2D eigenvalue weighted by molar-refractivity contribution is 0.528. The first kappa shape index (κ1) is 10.5. The minimum atomic E-state index is -1.09. The fourth-order valence-corrected chi connectivity index (χ4v) is 1.30. The van der Waals surface area contributed by atoms with Crippen molar-refractivity contribution >= 4 is 0 Å². The molecule has 0 aliphatic carbocycles. The molecule has 0 unspecified atom stereocenters. The molecule has 0 aliphatic rings. The second-order valence-corrected chi connectivity index (χ2v) is 3.09. The Hall–Kier alpha value is -1.59. The zero-order valence-corrected chi connectivity index (χ0v) is 7.83. The largest absolute Gasteiger partial charge is 0.311 e. The quantitative estimate of drug-likeness (QED) is 0.572. The van der Waals surface area contributed by atoms with Crippen molar-refractivity contribution in [2.45, 2.75) is 12.0 Å². The van der Waals surface area contributed by atoms with Gasteiger partial charge in [0.1, 0.15) is 11.4 Å². The first-order valence-electron chi connectivity index (χ1n) is 4.26. The lowest BCUT2D eigenvalue weighted by atomic mass is 9.88. The molecule has 2 N–H and O–H groups in total. The Labute approximate surface area is 83.4 Å². The molecule has 72 valence electrons. The van der Waals surface area contributed by atoms with Crippen LogP contribution in [0.3, 0.4) is 0 Å².